The van der Waals surface area contributed by atoms with Crippen LogP contribution >= 0.6 is 0 Å². The number of carboxylic acid groups (broad SMARTS) is 1. The Bertz CT molecular complexity index is 252. The largest absolute Gasteiger partial charge is 0.480 e. The third-order valence-corrected chi connectivity index (χ3v) is 2.03. The van der Waals surface area contributed by atoms with Gasteiger partial charge in [-0.2, -0.15) is 0 Å². The summed E-state index contributed by atoms with van der Waals surface area (Å²) in [7, 11) is 0. The Balaban J connectivity index is 4.17. The number of rotatable bonds is 8. The van der Waals surface area contributed by atoms with Crippen LogP contribution in [0.3, 0.4) is 0 Å². The molecule has 2 N–H and O–H groups in total. The van der Waals surface area contributed by atoms with E-state index < -0.39 is 24.0 Å². The highest BCUT2D eigenvalue weighted by Gasteiger charge is 2.22. The molecule has 16 heavy (non-hydrogen) atoms. The van der Waals surface area contributed by atoms with E-state index in [0.29, 0.717) is 12.8 Å². The molecule has 0 saturated heterocycles. The molecule has 0 aliphatic heterocycles. The summed E-state index contributed by atoms with van der Waals surface area (Å²) in [5, 5.41) is 11.3. The first-order chi connectivity index (χ1) is 7.52. The molecule has 1 amide bonds. The summed E-state index contributed by atoms with van der Waals surface area (Å²) in [5.74, 6) is -1.44. The summed E-state index contributed by atoms with van der Waals surface area (Å²) in [6, 6.07) is -0.840. The Morgan fingerprint density at radius 3 is 2.62 bits per heavy atom. The Morgan fingerprint density at radius 1 is 1.56 bits per heavy atom. The number of hydrogen-bond donors (Lipinski definition) is 2. The zero-order chi connectivity index (χ0) is 12.6. The lowest BCUT2D eigenvalue weighted by atomic mass is 10.1. The summed E-state index contributed by atoms with van der Waals surface area (Å²) in [5.41, 5.74) is 0. The van der Waals surface area contributed by atoms with Crippen LogP contribution in [0.25, 0.3) is 0 Å². The zero-order valence-corrected chi connectivity index (χ0v) is 9.73. The van der Waals surface area contributed by atoms with Crippen molar-refractivity contribution in [2.45, 2.75) is 38.8 Å². The fourth-order valence-electron chi connectivity index (χ4n) is 1.12. The number of carboxylic acids is 1. The molecule has 0 rings (SSSR count). The first kappa shape index (κ1) is 14.6. The standard InChI is InChI=1S/C11H19NO4/c1-4-6-9(11(14)15)12-10(13)8(3)16-7-5-2/h5,8-9H,2,4,6-7H2,1,3H3,(H,12,13)(H,14,15). The Hall–Kier alpha value is -1.36. The van der Waals surface area contributed by atoms with Crippen molar-refractivity contribution < 1.29 is 19.4 Å². The van der Waals surface area contributed by atoms with Gasteiger partial charge in [-0.25, -0.2) is 4.79 Å². The van der Waals surface area contributed by atoms with Crippen molar-refractivity contribution in [3.8, 4) is 0 Å². The number of nitrogens with one attached hydrogen (secondary N) is 1. The molecule has 0 bridgehead atoms. The summed E-state index contributed by atoms with van der Waals surface area (Å²) >= 11 is 0. The number of carbonyl (C=O) groups excluding carboxylic acids is 1. The van der Waals surface area contributed by atoms with Gasteiger partial charge in [-0.05, 0) is 13.3 Å². The van der Waals surface area contributed by atoms with E-state index in [4.69, 9.17) is 9.84 Å². The topological polar surface area (TPSA) is 75.6 Å². The molecule has 0 radical (unpaired) electrons. The van der Waals surface area contributed by atoms with Gasteiger partial charge in [-0.1, -0.05) is 19.4 Å². The van der Waals surface area contributed by atoms with Gasteiger partial charge >= 0.3 is 5.97 Å². The van der Waals surface area contributed by atoms with Crippen LogP contribution in [0.1, 0.15) is 26.7 Å². The molecule has 2 atom stereocenters. The molecule has 0 aliphatic carbocycles. The smallest absolute Gasteiger partial charge is 0.326 e. The molecule has 2 unspecified atom stereocenters. The molecule has 0 aliphatic rings. The first-order valence-corrected chi connectivity index (χ1v) is 5.28. The normalized spacial score (nSPS) is 13.9. The van der Waals surface area contributed by atoms with E-state index >= 15 is 0 Å². The minimum Gasteiger partial charge on any atom is -0.480 e. The fourth-order valence-corrected chi connectivity index (χ4v) is 1.12. The van der Waals surface area contributed by atoms with Gasteiger partial charge in [0, 0.05) is 0 Å². The van der Waals surface area contributed by atoms with Crippen molar-refractivity contribution in [1.29, 1.82) is 0 Å². The third-order valence-electron chi connectivity index (χ3n) is 2.03. The van der Waals surface area contributed by atoms with E-state index in [0.717, 1.165) is 0 Å². The quantitative estimate of drug-likeness (QED) is 0.607. The second-order valence-corrected chi connectivity index (χ2v) is 3.45. The van der Waals surface area contributed by atoms with Gasteiger partial charge in [0.25, 0.3) is 0 Å². The van der Waals surface area contributed by atoms with E-state index in [9.17, 15) is 9.59 Å². The van der Waals surface area contributed by atoms with Crippen LogP contribution in [0.5, 0.6) is 0 Å². The van der Waals surface area contributed by atoms with E-state index in [1.54, 1.807) is 6.92 Å². The van der Waals surface area contributed by atoms with E-state index in [2.05, 4.69) is 11.9 Å². The van der Waals surface area contributed by atoms with Gasteiger partial charge in [0.05, 0.1) is 6.61 Å². The summed E-state index contributed by atoms with van der Waals surface area (Å²) in [4.78, 5) is 22.3. The van der Waals surface area contributed by atoms with E-state index in [1.807, 2.05) is 6.92 Å². The number of amides is 1. The number of ether oxygens (including phenoxy) is 1. The fraction of sp³-hybridized carbons (Fsp3) is 0.636. The van der Waals surface area contributed by atoms with Gasteiger partial charge < -0.3 is 15.2 Å². The molecule has 5 nitrogen and oxygen atoms in total. The number of aliphatic carboxylic acids is 1. The predicted molar refractivity (Wildman–Crippen MR) is 60.1 cm³/mol. The molecule has 92 valence electrons. The van der Waals surface area contributed by atoms with Crippen molar-refractivity contribution in [3.05, 3.63) is 12.7 Å². The average molecular weight is 229 g/mol. The van der Waals surface area contributed by atoms with Crippen LogP contribution in [0.4, 0.5) is 0 Å². The second-order valence-electron chi connectivity index (χ2n) is 3.45. The van der Waals surface area contributed by atoms with Crippen LogP contribution in [0, 0.1) is 0 Å². The lowest BCUT2D eigenvalue weighted by molar-refractivity contribution is -0.144. The maximum atomic E-state index is 11.5. The Kier molecular flexibility index (Phi) is 7.20. The van der Waals surface area contributed by atoms with Crippen LogP contribution in [-0.2, 0) is 14.3 Å². The van der Waals surface area contributed by atoms with E-state index in [1.165, 1.54) is 6.08 Å². The molecule has 5 heteroatoms. The zero-order valence-electron chi connectivity index (χ0n) is 9.73. The second kappa shape index (κ2) is 7.87. The molecule has 0 aromatic rings. The predicted octanol–water partition coefficient (Wildman–Crippen LogP) is 0.947. The van der Waals surface area contributed by atoms with Crippen LogP contribution in [-0.4, -0.2) is 35.7 Å². The molecule has 0 aromatic carbocycles. The average Bonchev–Trinajstić information content (AvgIpc) is 2.24. The molecular weight excluding hydrogens is 210 g/mol. The van der Waals surface area contributed by atoms with Crippen LogP contribution in [0.15, 0.2) is 12.7 Å². The Labute approximate surface area is 95.5 Å². The first-order valence-electron chi connectivity index (χ1n) is 5.28. The van der Waals surface area contributed by atoms with Crippen molar-refractivity contribution in [2.24, 2.45) is 0 Å². The lowest BCUT2D eigenvalue weighted by Gasteiger charge is -2.17. The molecule has 0 heterocycles. The van der Waals surface area contributed by atoms with Gasteiger partial charge in [-0.3, -0.25) is 4.79 Å². The van der Waals surface area contributed by atoms with Crippen molar-refractivity contribution in [3.63, 3.8) is 0 Å². The highest BCUT2D eigenvalue weighted by atomic mass is 16.5. The maximum Gasteiger partial charge on any atom is 0.326 e. The maximum absolute atomic E-state index is 11.5. The van der Waals surface area contributed by atoms with Gasteiger partial charge in [0.15, 0.2) is 0 Å². The lowest BCUT2D eigenvalue weighted by Crippen LogP contribution is -2.45. The minimum absolute atomic E-state index is 0.264. The SMILES string of the molecule is C=CCOC(C)C(=O)NC(CCC)C(=O)O. The molecular formula is C11H19NO4. The number of carbonyl (C=O) groups is 2. The van der Waals surface area contributed by atoms with Crippen LogP contribution in [0.2, 0.25) is 0 Å². The summed E-state index contributed by atoms with van der Waals surface area (Å²) in [6.45, 7) is 7.16. The minimum atomic E-state index is -1.02. The molecule has 0 fully saturated rings. The van der Waals surface area contributed by atoms with Crippen LogP contribution < -0.4 is 5.32 Å². The number of hydrogen-bond acceptors (Lipinski definition) is 3. The third kappa shape index (κ3) is 5.50. The highest BCUT2D eigenvalue weighted by Crippen LogP contribution is 1.99. The highest BCUT2D eigenvalue weighted by molar-refractivity contribution is 5.86. The van der Waals surface area contributed by atoms with Gasteiger partial charge in [-0.15, -0.1) is 6.58 Å². The monoisotopic (exact) mass is 229 g/mol. The molecule has 0 spiro atoms. The summed E-state index contributed by atoms with van der Waals surface area (Å²) in [6.07, 6.45) is 1.97. The Morgan fingerprint density at radius 2 is 2.19 bits per heavy atom. The molecule has 0 aromatic heterocycles. The van der Waals surface area contributed by atoms with E-state index in [-0.39, 0.29) is 6.61 Å². The summed E-state index contributed by atoms with van der Waals surface area (Å²) < 4.78 is 5.09. The van der Waals surface area contributed by atoms with Crippen molar-refractivity contribution in [2.75, 3.05) is 6.61 Å². The molecule has 0 saturated carbocycles. The van der Waals surface area contributed by atoms with Gasteiger partial charge in [0.1, 0.15) is 12.1 Å². The van der Waals surface area contributed by atoms with Gasteiger partial charge in [0.2, 0.25) is 5.91 Å². The van der Waals surface area contributed by atoms with Crippen molar-refractivity contribution >= 4 is 11.9 Å². The van der Waals surface area contributed by atoms with Crippen molar-refractivity contribution in [1.82, 2.24) is 5.32 Å².